The van der Waals surface area contributed by atoms with Crippen LogP contribution < -0.4 is 0 Å². The second kappa shape index (κ2) is 10.1. The van der Waals surface area contributed by atoms with E-state index in [1.807, 2.05) is 61.7 Å². The molecule has 1 aromatic heterocycles. The largest absolute Gasteiger partial charge is 0.390 e. The van der Waals surface area contributed by atoms with Crippen molar-refractivity contribution in [2.75, 3.05) is 19.6 Å². The number of hydrogen-bond acceptors (Lipinski definition) is 3. The van der Waals surface area contributed by atoms with Crippen LogP contribution in [0.5, 0.6) is 0 Å². The number of piperidine rings is 1. The van der Waals surface area contributed by atoms with Crippen LogP contribution in [0.3, 0.4) is 0 Å². The highest BCUT2D eigenvalue weighted by molar-refractivity contribution is 6.30. The van der Waals surface area contributed by atoms with Crippen LogP contribution in [0.4, 0.5) is 0 Å². The number of nitrogens with zero attached hydrogens (tertiary/aromatic N) is 2. The molecule has 0 atom stereocenters. The Hall–Kier alpha value is -2.90. The standard InChI is InChI=1S/C28H27ClN2O/c1-28(32)16-19-31(20-17-28)18-2-3-22-4-6-23(7-5-22)8-14-27-15-11-25(21-30-27)24-9-12-26(29)13-10-24/h2-7,9-13,15,21,32H,16-20H2,1H3. The van der Waals surface area contributed by atoms with Gasteiger partial charge < -0.3 is 5.11 Å². The van der Waals surface area contributed by atoms with Crippen LogP contribution in [0.2, 0.25) is 5.02 Å². The van der Waals surface area contributed by atoms with Gasteiger partial charge in [0.05, 0.1) is 5.60 Å². The zero-order valence-electron chi connectivity index (χ0n) is 18.3. The number of pyridine rings is 1. The van der Waals surface area contributed by atoms with Crippen LogP contribution in [0, 0.1) is 11.8 Å². The van der Waals surface area contributed by atoms with E-state index in [2.05, 4.69) is 46.0 Å². The molecule has 2 heterocycles. The number of likely N-dealkylation sites (tertiary alicyclic amines) is 1. The summed E-state index contributed by atoms with van der Waals surface area (Å²) in [6.45, 7) is 4.73. The van der Waals surface area contributed by atoms with Gasteiger partial charge >= 0.3 is 0 Å². The molecular formula is C28H27ClN2O. The number of aromatic nitrogens is 1. The van der Waals surface area contributed by atoms with E-state index in [1.54, 1.807) is 0 Å². The zero-order valence-corrected chi connectivity index (χ0v) is 19.0. The van der Waals surface area contributed by atoms with E-state index >= 15 is 0 Å². The summed E-state index contributed by atoms with van der Waals surface area (Å²) in [7, 11) is 0. The fraction of sp³-hybridized carbons (Fsp3) is 0.250. The molecule has 0 amide bonds. The maximum atomic E-state index is 10.0. The lowest BCUT2D eigenvalue weighted by atomic mass is 9.94. The molecule has 1 saturated heterocycles. The second-order valence-corrected chi connectivity index (χ2v) is 8.95. The minimum atomic E-state index is -0.495. The van der Waals surface area contributed by atoms with Crippen molar-refractivity contribution in [3.8, 4) is 23.0 Å². The van der Waals surface area contributed by atoms with Gasteiger partial charge in [-0.3, -0.25) is 4.90 Å². The first-order chi connectivity index (χ1) is 15.5. The number of halogens is 1. The molecule has 0 spiro atoms. The fourth-order valence-electron chi connectivity index (χ4n) is 3.65. The summed E-state index contributed by atoms with van der Waals surface area (Å²) in [5, 5.41) is 10.8. The Labute approximate surface area is 195 Å². The van der Waals surface area contributed by atoms with Gasteiger partial charge in [-0.1, -0.05) is 60.0 Å². The highest BCUT2D eigenvalue weighted by Crippen LogP contribution is 2.22. The molecule has 0 radical (unpaired) electrons. The molecule has 162 valence electrons. The summed E-state index contributed by atoms with van der Waals surface area (Å²) in [4.78, 5) is 6.84. The molecule has 4 heteroatoms. The lowest BCUT2D eigenvalue weighted by molar-refractivity contribution is -0.00241. The first-order valence-electron chi connectivity index (χ1n) is 10.9. The van der Waals surface area contributed by atoms with E-state index in [0.717, 1.165) is 65.4 Å². The molecule has 1 aliphatic rings. The maximum Gasteiger partial charge on any atom is 0.113 e. The van der Waals surface area contributed by atoms with Gasteiger partial charge in [0.25, 0.3) is 0 Å². The van der Waals surface area contributed by atoms with Crippen LogP contribution in [-0.2, 0) is 0 Å². The van der Waals surface area contributed by atoms with Gasteiger partial charge in [0.15, 0.2) is 0 Å². The molecule has 3 aromatic rings. The highest BCUT2D eigenvalue weighted by atomic mass is 35.5. The Morgan fingerprint density at radius 3 is 2.31 bits per heavy atom. The van der Waals surface area contributed by atoms with E-state index in [1.165, 1.54) is 0 Å². The summed E-state index contributed by atoms with van der Waals surface area (Å²) in [5.41, 5.74) is 4.49. The molecule has 0 aliphatic carbocycles. The number of rotatable bonds is 4. The predicted molar refractivity (Wildman–Crippen MR) is 132 cm³/mol. The van der Waals surface area contributed by atoms with E-state index in [-0.39, 0.29) is 0 Å². The van der Waals surface area contributed by atoms with Gasteiger partial charge in [-0.25, -0.2) is 4.98 Å². The summed E-state index contributed by atoms with van der Waals surface area (Å²) < 4.78 is 0. The SMILES string of the molecule is CC1(O)CCN(CC=Cc2ccc(C#Cc3ccc(-c4ccc(Cl)cc4)cn3)cc2)CC1. The maximum absolute atomic E-state index is 10.0. The Balaban J connectivity index is 1.32. The third-order valence-corrected chi connectivity index (χ3v) is 6.05. The predicted octanol–water partition coefficient (Wildman–Crippen LogP) is 5.66. The van der Waals surface area contributed by atoms with Gasteiger partial charge in [0.2, 0.25) is 0 Å². The summed E-state index contributed by atoms with van der Waals surface area (Å²) in [6.07, 6.45) is 7.85. The zero-order chi connectivity index (χ0) is 22.4. The van der Waals surface area contributed by atoms with Crippen LogP contribution in [0.25, 0.3) is 17.2 Å². The van der Waals surface area contributed by atoms with Crippen molar-refractivity contribution in [1.82, 2.24) is 9.88 Å². The third-order valence-electron chi connectivity index (χ3n) is 5.79. The Morgan fingerprint density at radius 1 is 0.969 bits per heavy atom. The van der Waals surface area contributed by atoms with Crippen molar-refractivity contribution in [3.63, 3.8) is 0 Å². The molecule has 1 aliphatic heterocycles. The Morgan fingerprint density at radius 2 is 1.66 bits per heavy atom. The van der Waals surface area contributed by atoms with Gasteiger partial charge in [-0.05, 0) is 67.1 Å². The Bertz CT molecular complexity index is 1110. The fourth-order valence-corrected chi connectivity index (χ4v) is 3.78. The minimum absolute atomic E-state index is 0.495. The first kappa shape index (κ1) is 22.3. The normalized spacial score (nSPS) is 16.0. The minimum Gasteiger partial charge on any atom is -0.390 e. The summed E-state index contributed by atoms with van der Waals surface area (Å²) in [5.74, 6) is 6.32. The number of benzene rings is 2. The smallest absolute Gasteiger partial charge is 0.113 e. The first-order valence-corrected chi connectivity index (χ1v) is 11.3. The molecule has 0 saturated carbocycles. The van der Waals surface area contributed by atoms with Crippen molar-refractivity contribution in [2.45, 2.75) is 25.4 Å². The molecule has 1 N–H and O–H groups in total. The van der Waals surface area contributed by atoms with Crippen molar-refractivity contribution < 1.29 is 5.11 Å². The number of aliphatic hydroxyl groups is 1. The average molecular weight is 443 g/mol. The van der Waals surface area contributed by atoms with Gasteiger partial charge in [0.1, 0.15) is 5.69 Å². The summed E-state index contributed by atoms with van der Waals surface area (Å²) in [6, 6.07) is 19.9. The van der Waals surface area contributed by atoms with Crippen molar-refractivity contribution in [2.24, 2.45) is 0 Å². The monoisotopic (exact) mass is 442 g/mol. The van der Waals surface area contributed by atoms with Gasteiger partial charge in [-0.2, -0.15) is 0 Å². The van der Waals surface area contributed by atoms with Gasteiger partial charge in [0, 0.05) is 42.0 Å². The topological polar surface area (TPSA) is 36.4 Å². The molecule has 2 aromatic carbocycles. The van der Waals surface area contributed by atoms with Crippen LogP contribution in [-0.4, -0.2) is 40.2 Å². The van der Waals surface area contributed by atoms with Crippen molar-refractivity contribution in [1.29, 1.82) is 0 Å². The lowest BCUT2D eigenvalue weighted by Gasteiger charge is -2.35. The van der Waals surface area contributed by atoms with Gasteiger partial charge in [-0.15, -0.1) is 0 Å². The quantitative estimate of drug-likeness (QED) is 0.529. The van der Waals surface area contributed by atoms with Crippen molar-refractivity contribution >= 4 is 17.7 Å². The summed E-state index contributed by atoms with van der Waals surface area (Å²) >= 11 is 5.95. The average Bonchev–Trinajstić information content (AvgIpc) is 2.81. The molecule has 0 unspecified atom stereocenters. The third kappa shape index (κ3) is 6.31. The lowest BCUT2D eigenvalue weighted by Crippen LogP contribution is -2.42. The van der Waals surface area contributed by atoms with Crippen LogP contribution in [0.1, 0.15) is 36.6 Å². The number of hydrogen-bond donors (Lipinski definition) is 1. The molecule has 32 heavy (non-hydrogen) atoms. The van der Waals surface area contributed by atoms with E-state index in [4.69, 9.17) is 11.6 Å². The van der Waals surface area contributed by atoms with E-state index < -0.39 is 5.60 Å². The second-order valence-electron chi connectivity index (χ2n) is 8.51. The molecule has 3 nitrogen and oxygen atoms in total. The van der Waals surface area contributed by atoms with Crippen LogP contribution in [0.15, 0.2) is 72.9 Å². The van der Waals surface area contributed by atoms with E-state index in [0.29, 0.717) is 0 Å². The van der Waals surface area contributed by atoms with E-state index in [9.17, 15) is 5.11 Å². The molecule has 1 fully saturated rings. The highest BCUT2D eigenvalue weighted by Gasteiger charge is 2.26. The molecule has 0 bridgehead atoms. The Kier molecular flexibility index (Phi) is 7.07. The molecule has 4 rings (SSSR count). The van der Waals surface area contributed by atoms with Crippen molar-refractivity contribution in [3.05, 3.63) is 94.8 Å². The molecular weight excluding hydrogens is 416 g/mol. The van der Waals surface area contributed by atoms with Crippen LogP contribution >= 0.6 is 11.6 Å².